The molecule has 0 unspecified atom stereocenters. The third-order valence-corrected chi connectivity index (χ3v) is 4.38. The molecule has 1 aromatic heterocycles. The molecule has 6 nitrogen and oxygen atoms in total. The Morgan fingerprint density at radius 2 is 2.00 bits per heavy atom. The summed E-state index contributed by atoms with van der Waals surface area (Å²) in [6, 6.07) is 3.85. The van der Waals surface area contributed by atoms with E-state index in [0.717, 1.165) is 29.4 Å². The van der Waals surface area contributed by atoms with Crippen LogP contribution in [0.2, 0.25) is 0 Å². The van der Waals surface area contributed by atoms with Gasteiger partial charge in [0.25, 0.3) is 0 Å². The molecular weight excluding hydrogens is 361 g/mol. The van der Waals surface area contributed by atoms with Crippen LogP contribution in [0.4, 0.5) is 4.79 Å². The van der Waals surface area contributed by atoms with Gasteiger partial charge in [-0.15, -0.1) is 10.2 Å². The number of piperidine rings is 1. The molecule has 0 aromatic carbocycles. The highest BCUT2D eigenvalue weighted by Crippen LogP contribution is 2.36. The van der Waals surface area contributed by atoms with Gasteiger partial charge in [0, 0.05) is 31.0 Å². The first-order chi connectivity index (χ1) is 9.13. The van der Waals surface area contributed by atoms with Gasteiger partial charge < -0.3 is 14.7 Å². The van der Waals surface area contributed by atoms with Crippen molar-refractivity contribution < 1.29 is 14.6 Å². The molecule has 3 heterocycles. The summed E-state index contributed by atoms with van der Waals surface area (Å²) in [7, 11) is 0. The second-order valence-corrected chi connectivity index (χ2v) is 6.09. The van der Waals surface area contributed by atoms with E-state index >= 15 is 0 Å². The summed E-state index contributed by atoms with van der Waals surface area (Å²) >= 11 is 2.09. The molecule has 2 bridgehead atoms. The van der Waals surface area contributed by atoms with Gasteiger partial charge in [-0.3, -0.25) is 0 Å². The highest BCUT2D eigenvalue weighted by molar-refractivity contribution is 14.1. The van der Waals surface area contributed by atoms with Crippen molar-refractivity contribution >= 4 is 28.7 Å². The van der Waals surface area contributed by atoms with Crippen molar-refractivity contribution in [3.05, 3.63) is 15.8 Å². The molecule has 102 valence electrons. The maximum atomic E-state index is 11.2. The zero-order chi connectivity index (χ0) is 13.4. The van der Waals surface area contributed by atoms with Crippen LogP contribution in [0.15, 0.2) is 12.1 Å². The van der Waals surface area contributed by atoms with Gasteiger partial charge in [0.15, 0.2) is 0 Å². The Bertz CT molecular complexity index is 468. The van der Waals surface area contributed by atoms with Crippen LogP contribution in [0.5, 0.6) is 5.88 Å². The summed E-state index contributed by atoms with van der Waals surface area (Å²) in [5, 5.41) is 17.1. The van der Waals surface area contributed by atoms with E-state index in [1.54, 1.807) is 11.0 Å². The molecule has 19 heavy (non-hydrogen) atoms. The third-order valence-electron chi connectivity index (χ3n) is 3.81. The van der Waals surface area contributed by atoms with Crippen molar-refractivity contribution in [3.63, 3.8) is 0 Å². The molecule has 2 fully saturated rings. The van der Waals surface area contributed by atoms with Crippen LogP contribution in [0.3, 0.4) is 0 Å². The number of nitrogens with zero attached hydrogens (tertiary/aromatic N) is 3. The van der Waals surface area contributed by atoms with Crippen LogP contribution in [-0.2, 0) is 0 Å². The van der Waals surface area contributed by atoms with E-state index in [0.29, 0.717) is 5.88 Å². The second kappa shape index (κ2) is 5.10. The minimum Gasteiger partial charge on any atom is -0.473 e. The topological polar surface area (TPSA) is 75.5 Å². The molecule has 2 aliphatic rings. The Labute approximate surface area is 124 Å². The fourth-order valence-corrected chi connectivity index (χ4v) is 3.36. The summed E-state index contributed by atoms with van der Waals surface area (Å²) in [5.74, 6) is 0.522. The van der Waals surface area contributed by atoms with Gasteiger partial charge >= 0.3 is 6.09 Å². The lowest BCUT2D eigenvalue weighted by molar-refractivity contribution is 0.0472. The molecular formula is C12H14IN3O3. The first-order valence-corrected chi connectivity index (χ1v) is 7.38. The number of hydrogen-bond donors (Lipinski definition) is 1. The van der Waals surface area contributed by atoms with Crippen molar-refractivity contribution in [2.45, 2.75) is 43.9 Å². The molecule has 1 amide bonds. The maximum Gasteiger partial charge on any atom is 0.407 e. The lowest BCUT2D eigenvalue weighted by Crippen LogP contribution is -2.48. The predicted molar refractivity (Wildman–Crippen MR) is 75.1 cm³/mol. The van der Waals surface area contributed by atoms with Gasteiger partial charge in [-0.05, 0) is 41.5 Å². The Hall–Kier alpha value is -1.12. The van der Waals surface area contributed by atoms with Crippen LogP contribution >= 0.6 is 22.6 Å². The smallest absolute Gasteiger partial charge is 0.407 e. The van der Waals surface area contributed by atoms with E-state index in [1.807, 2.05) is 6.07 Å². The zero-order valence-corrected chi connectivity index (χ0v) is 12.4. The highest BCUT2D eigenvalue weighted by Gasteiger charge is 2.44. The number of rotatable bonds is 2. The van der Waals surface area contributed by atoms with Crippen molar-refractivity contribution in [1.29, 1.82) is 0 Å². The number of hydrogen-bond acceptors (Lipinski definition) is 4. The largest absolute Gasteiger partial charge is 0.473 e. The highest BCUT2D eigenvalue weighted by atomic mass is 127. The molecule has 2 saturated heterocycles. The molecule has 0 aliphatic carbocycles. The van der Waals surface area contributed by atoms with E-state index in [1.165, 1.54) is 0 Å². The van der Waals surface area contributed by atoms with Crippen molar-refractivity contribution in [3.8, 4) is 5.88 Å². The average molecular weight is 375 g/mol. The maximum absolute atomic E-state index is 11.2. The van der Waals surface area contributed by atoms with Crippen LogP contribution in [0.25, 0.3) is 0 Å². The van der Waals surface area contributed by atoms with Gasteiger partial charge in [-0.2, -0.15) is 0 Å². The van der Waals surface area contributed by atoms with Gasteiger partial charge in [-0.25, -0.2) is 4.79 Å². The predicted octanol–water partition coefficient (Wildman–Crippen LogP) is 2.13. The summed E-state index contributed by atoms with van der Waals surface area (Å²) in [5.41, 5.74) is 0. The minimum atomic E-state index is -0.806. The molecule has 0 saturated carbocycles. The quantitative estimate of drug-likeness (QED) is 0.802. The number of carbonyl (C=O) groups is 1. The van der Waals surface area contributed by atoms with E-state index in [-0.39, 0.29) is 18.2 Å². The first kappa shape index (κ1) is 12.9. The number of ether oxygens (including phenoxy) is 1. The molecule has 7 heteroatoms. The summed E-state index contributed by atoms with van der Waals surface area (Å²) in [6.45, 7) is 0. The molecule has 1 aromatic rings. The number of aromatic nitrogens is 2. The third kappa shape index (κ3) is 2.60. The Morgan fingerprint density at radius 3 is 2.53 bits per heavy atom. The summed E-state index contributed by atoms with van der Waals surface area (Å²) < 4.78 is 6.65. The number of carboxylic acid groups (broad SMARTS) is 1. The molecule has 3 atom stereocenters. The summed E-state index contributed by atoms with van der Waals surface area (Å²) in [4.78, 5) is 12.8. The number of halogens is 1. The van der Waals surface area contributed by atoms with Gasteiger partial charge in [0.05, 0.1) is 0 Å². The van der Waals surface area contributed by atoms with Crippen LogP contribution in [0, 0.1) is 3.70 Å². The van der Waals surface area contributed by atoms with Gasteiger partial charge in [0.1, 0.15) is 9.80 Å². The van der Waals surface area contributed by atoms with E-state index < -0.39 is 6.09 Å². The number of amides is 1. The monoisotopic (exact) mass is 375 g/mol. The van der Waals surface area contributed by atoms with Crippen LogP contribution in [0.1, 0.15) is 25.7 Å². The van der Waals surface area contributed by atoms with Gasteiger partial charge in [-0.1, -0.05) is 0 Å². The average Bonchev–Trinajstić information content (AvgIpc) is 2.65. The van der Waals surface area contributed by atoms with Crippen molar-refractivity contribution in [2.75, 3.05) is 0 Å². The van der Waals surface area contributed by atoms with E-state index in [9.17, 15) is 9.90 Å². The van der Waals surface area contributed by atoms with Crippen molar-refractivity contribution in [2.24, 2.45) is 0 Å². The second-order valence-electron chi connectivity index (χ2n) is 4.98. The fourth-order valence-electron chi connectivity index (χ4n) is 3.07. The Balaban J connectivity index is 1.66. The van der Waals surface area contributed by atoms with Crippen molar-refractivity contribution in [1.82, 2.24) is 15.1 Å². The standard InChI is InChI=1S/C12H14IN3O3/c13-10-3-4-11(15-14-10)19-9-5-7-1-2-8(6-9)16(7)12(17)18/h3-4,7-9H,1-2,5-6H2,(H,17,18)/t7-,8+,9-. The summed E-state index contributed by atoms with van der Waals surface area (Å²) in [6.07, 6.45) is 2.61. The number of fused-ring (bicyclic) bond motifs is 2. The first-order valence-electron chi connectivity index (χ1n) is 6.30. The minimum absolute atomic E-state index is 0.0439. The van der Waals surface area contributed by atoms with Gasteiger partial charge in [0.2, 0.25) is 5.88 Å². The fraction of sp³-hybridized carbons (Fsp3) is 0.583. The Morgan fingerprint density at radius 1 is 1.32 bits per heavy atom. The molecule has 1 N–H and O–H groups in total. The molecule has 0 spiro atoms. The SMILES string of the molecule is O=C(O)N1[C@@H]2CC[C@H]1C[C@H](Oc1ccc(I)nn1)C2. The Kier molecular flexibility index (Phi) is 3.46. The van der Waals surface area contributed by atoms with E-state index in [4.69, 9.17) is 4.74 Å². The zero-order valence-electron chi connectivity index (χ0n) is 10.2. The lowest BCUT2D eigenvalue weighted by Gasteiger charge is -2.36. The molecule has 0 radical (unpaired) electrons. The van der Waals surface area contributed by atoms with Crippen LogP contribution in [-0.4, -0.2) is 44.5 Å². The van der Waals surface area contributed by atoms with E-state index in [2.05, 4.69) is 32.8 Å². The molecule has 2 aliphatic heterocycles. The normalized spacial score (nSPS) is 29.3. The van der Waals surface area contributed by atoms with Crippen LogP contribution < -0.4 is 4.74 Å². The molecule has 3 rings (SSSR count). The lowest BCUT2D eigenvalue weighted by atomic mass is 10.0.